The summed E-state index contributed by atoms with van der Waals surface area (Å²) in [6.07, 6.45) is 0. The van der Waals surface area contributed by atoms with Crippen molar-refractivity contribution in [3.05, 3.63) is 51.2 Å². The second kappa shape index (κ2) is 5.21. The molecule has 88 valence electrons. The molecule has 0 bridgehead atoms. The first-order chi connectivity index (χ1) is 8.15. The molecule has 0 aliphatic rings. The fourth-order valence-electron chi connectivity index (χ4n) is 1.34. The van der Waals surface area contributed by atoms with Crippen molar-refractivity contribution in [3.8, 4) is 0 Å². The minimum Gasteiger partial charge on any atom is -0.478 e. The van der Waals surface area contributed by atoms with Gasteiger partial charge in [0.1, 0.15) is 0 Å². The van der Waals surface area contributed by atoms with E-state index in [9.17, 15) is 4.79 Å². The fourth-order valence-corrected chi connectivity index (χ4v) is 2.27. The van der Waals surface area contributed by atoms with E-state index in [0.717, 1.165) is 10.6 Å². The summed E-state index contributed by atoms with van der Waals surface area (Å²) >= 11 is 7.21. The highest BCUT2D eigenvalue weighted by molar-refractivity contribution is 7.10. The highest BCUT2D eigenvalue weighted by atomic mass is 35.5. The molecule has 0 saturated carbocycles. The molecule has 0 amide bonds. The van der Waals surface area contributed by atoms with E-state index in [1.54, 1.807) is 23.6 Å². The van der Waals surface area contributed by atoms with Gasteiger partial charge in [0.05, 0.1) is 5.56 Å². The molecule has 0 fully saturated rings. The lowest BCUT2D eigenvalue weighted by Crippen LogP contribution is -1.97. The van der Waals surface area contributed by atoms with Gasteiger partial charge in [0.25, 0.3) is 0 Å². The van der Waals surface area contributed by atoms with Gasteiger partial charge < -0.3 is 10.4 Å². The van der Waals surface area contributed by atoms with Gasteiger partial charge in [0.15, 0.2) is 0 Å². The average molecular weight is 268 g/mol. The van der Waals surface area contributed by atoms with Gasteiger partial charge in [-0.2, -0.15) is 0 Å². The van der Waals surface area contributed by atoms with Crippen LogP contribution < -0.4 is 5.32 Å². The molecule has 17 heavy (non-hydrogen) atoms. The average Bonchev–Trinajstić information content (AvgIpc) is 2.77. The van der Waals surface area contributed by atoms with Gasteiger partial charge in [-0.15, -0.1) is 11.3 Å². The summed E-state index contributed by atoms with van der Waals surface area (Å²) in [5.41, 5.74) is 1.29. The van der Waals surface area contributed by atoms with Gasteiger partial charge >= 0.3 is 5.97 Å². The van der Waals surface area contributed by atoms with E-state index in [4.69, 9.17) is 16.7 Å². The molecule has 0 spiro atoms. The molecule has 5 heteroatoms. The molecule has 2 aromatic rings. The lowest BCUT2D eigenvalue weighted by Gasteiger charge is -2.04. The topological polar surface area (TPSA) is 49.3 Å². The zero-order valence-electron chi connectivity index (χ0n) is 8.81. The highest BCUT2D eigenvalue weighted by Gasteiger charge is 2.05. The smallest absolute Gasteiger partial charge is 0.336 e. The van der Waals surface area contributed by atoms with E-state index in [1.807, 2.05) is 12.1 Å². The van der Waals surface area contributed by atoms with Crippen molar-refractivity contribution in [2.45, 2.75) is 6.54 Å². The van der Waals surface area contributed by atoms with Crippen LogP contribution in [0.2, 0.25) is 5.02 Å². The maximum absolute atomic E-state index is 10.7. The van der Waals surface area contributed by atoms with Crippen molar-refractivity contribution in [2.24, 2.45) is 0 Å². The van der Waals surface area contributed by atoms with E-state index in [2.05, 4.69) is 5.32 Å². The van der Waals surface area contributed by atoms with Crippen molar-refractivity contribution < 1.29 is 9.90 Å². The number of thiophene rings is 1. The van der Waals surface area contributed by atoms with Gasteiger partial charge in [-0.25, -0.2) is 4.79 Å². The molecule has 1 aromatic heterocycles. The molecule has 0 aliphatic heterocycles. The third kappa shape index (κ3) is 3.22. The van der Waals surface area contributed by atoms with Crippen LogP contribution in [0.1, 0.15) is 15.2 Å². The number of carbonyl (C=O) groups is 1. The zero-order chi connectivity index (χ0) is 12.3. The Morgan fingerprint density at radius 2 is 2.06 bits per heavy atom. The molecule has 0 unspecified atom stereocenters. The largest absolute Gasteiger partial charge is 0.478 e. The second-order valence-corrected chi connectivity index (χ2v) is 4.90. The molecule has 0 aliphatic carbocycles. The number of hydrogen-bond acceptors (Lipinski definition) is 3. The maximum Gasteiger partial charge on any atom is 0.336 e. The molecule has 1 aromatic carbocycles. The monoisotopic (exact) mass is 267 g/mol. The van der Waals surface area contributed by atoms with Crippen LogP contribution in [0.5, 0.6) is 0 Å². The SMILES string of the molecule is O=C(O)c1csc(CNc2ccc(Cl)cc2)c1. The molecule has 2 N–H and O–H groups in total. The number of rotatable bonds is 4. The molecule has 0 atom stereocenters. The predicted octanol–water partition coefficient (Wildman–Crippen LogP) is 3.71. The fraction of sp³-hybridized carbons (Fsp3) is 0.0833. The van der Waals surface area contributed by atoms with E-state index in [-0.39, 0.29) is 0 Å². The van der Waals surface area contributed by atoms with Crippen LogP contribution in [0, 0.1) is 0 Å². The molecule has 1 heterocycles. The number of aromatic carboxylic acids is 1. The summed E-state index contributed by atoms with van der Waals surface area (Å²) in [5, 5.41) is 14.3. The van der Waals surface area contributed by atoms with E-state index >= 15 is 0 Å². The molecule has 0 saturated heterocycles. The van der Waals surface area contributed by atoms with Crippen LogP contribution >= 0.6 is 22.9 Å². The van der Waals surface area contributed by atoms with Crippen LogP contribution in [-0.2, 0) is 6.54 Å². The van der Waals surface area contributed by atoms with Gasteiger partial charge in [-0.1, -0.05) is 11.6 Å². The van der Waals surface area contributed by atoms with Gasteiger partial charge in [-0.05, 0) is 30.3 Å². The maximum atomic E-state index is 10.7. The normalized spacial score (nSPS) is 10.2. The Hall–Kier alpha value is -1.52. The Bertz CT molecular complexity index is 522. The van der Waals surface area contributed by atoms with E-state index < -0.39 is 5.97 Å². The van der Waals surface area contributed by atoms with Gasteiger partial charge in [0, 0.05) is 27.5 Å². The predicted molar refractivity (Wildman–Crippen MR) is 70.1 cm³/mol. The number of carboxylic acid groups (broad SMARTS) is 1. The van der Waals surface area contributed by atoms with Crippen molar-refractivity contribution in [3.63, 3.8) is 0 Å². The quantitative estimate of drug-likeness (QED) is 0.888. The Labute approximate surface area is 108 Å². The number of anilines is 1. The van der Waals surface area contributed by atoms with Gasteiger partial charge in [-0.3, -0.25) is 0 Å². The molecular weight excluding hydrogens is 258 g/mol. The molecule has 3 nitrogen and oxygen atoms in total. The Balaban J connectivity index is 1.97. The third-order valence-electron chi connectivity index (χ3n) is 2.21. The molecule has 2 rings (SSSR count). The lowest BCUT2D eigenvalue weighted by molar-refractivity contribution is 0.0697. The van der Waals surface area contributed by atoms with Crippen LogP contribution in [0.3, 0.4) is 0 Å². The summed E-state index contributed by atoms with van der Waals surface area (Å²) in [7, 11) is 0. The first-order valence-electron chi connectivity index (χ1n) is 4.95. The summed E-state index contributed by atoms with van der Waals surface area (Å²) < 4.78 is 0. The summed E-state index contributed by atoms with van der Waals surface area (Å²) in [5.74, 6) is -0.890. The standard InChI is InChI=1S/C12H10ClNO2S/c13-9-1-3-10(4-2-9)14-6-11-5-8(7-17-11)12(15)16/h1-5,7,14H,6H2,(H,15,16). The minimum atomic E-state index is -0.890. The third-order valence-corrected chi connectivity index (χ3v) is 3.40. The van der Waals surface area contributed by atoms with Crippen molar-refractivity contribution in [1.82, 2.24) is 0 Å². The highest BCUT2D eigenvalue weighted by Crippen LogP contribution is 2.18. The number of nitrogens with one attached hydrogen (secondary N) is 1. The zero-order valence-corrected chi connectivity index (χ0v) is 10.4. The van der Waals surface area contributed by atoms with Crippen LogP contribution in [0.4, 0.5) is 5.69 Å². The Kier molecular flexibility index (Phi) is 3.66. The Morgan fingerprint density at radius 3 is 2.65 bits per heavy atom. The minimum absolute atomic E-state index is 0.336. The van der Waals surface area contributed by atoms with E-state index in [1.165, 1.54) is 11.3 Å². The first-order valence-corrected chi connectivity index (χ1v) is 6.21. The summed E-state index contributed by atoms with van der Waals surface area (Å²) in [4.78, 5) is 11.7. The Morgan fingerprint density at radius 1 is 1.35 bits per heavy atom. The van der Waals surface area contributed by atoms with Crippen molar-refractivity contribution in [1.29, 1.82) is 0 Å². The number of benzene rings is 1. The molecular formula is C12H10ClNO2S. The van der Waals surface area contributed by atoms with Crippen molar-refractivity contribution in [2.75, 3.05) is 5.32 Å². The van der Waals surface area contributed by atoms with Crippen LogP contribution in [-0.4, -0.2) is 11.1 Å². The molecule has 0 radical (unpaired) electrons. The van der Waals surface area contributed by atoms with Gasteiger partial charge in [0.2, 0.25) is 0 Å². The number of halogens is 1. The van der Waals surface area contributed by atoms with E-state index in [0.29, 0.717) is 17.1 Å². The number of hydrogen-bond donors (Lipinski definition) is 2. The summed E-state index contributed by atoms with van der Waals surface area (Å²) in [6, 6.07) is 9.06. The first kappa shape index (κ1) is 12.0. The van der Waals surface area contributed by atoms with Crippen molar-refractivity contribution >= 4 is 34.6 Å². The van der Waals surface area contributed by atoms with Crippen LogP contribution in [0.15, 0.2) is 35.7 Å². The number of carboxylic acids is 1. The second-order valence-electron chi connectivity index (χ2n) is 3.47. The van der Waals surface area contributed by atoms with Crippen LogP contribution in [0.25, 0.3) is 0 Å². The summed E-state index contributed by atoms with van der Waals surface area (Å²) in [6.45, 7) is 0.611. The lowest BCUT2D eigenvalue weighted by atomic mass is 10.3.